The van der Waals surface area contributed by atoms with E-state index in [9.17, 15) is 4.79 Å². The van der Waals surface area contributed by atoms with E-state index in [1.54, 1.807) is 13.3 Å². The van der Waals surface area contributed by atoms with Crippen LogP contribution in [0.4, 0.5) is 0 Å². The minimum Gasteiger partial charge on any atom is -0.468 e. The summed E-state index contributed by atoms with van der Waals surface area (Å²) < 4.78 is 11.6. The molecule has 0 spiro atoms. The third-order valence-corrected chi connectivity index (χ3v) is 4.76. The molecular formula is C17H21ClN2O3S. The van der Waals surface area contributed by atoms with E-state index < -0.39 is 5.54 Å². The van der Waals surface area contributed by atoms with Crippen LogP contribution in [0.3, 0.4) is 0 Å². The Balaban J connectivity index is 2.07. The molecule has 130 valence electrons. The fourth-order valence-electron chi connectivity index (χ4n) is 1.97. The number of hydrogen-bond acceptors (Lipinski definition) is 5. The summed E-state index contributed by atoms with van der Waals surface area (Å²) in [6, 6.07) is 7.70. The molecule has 0 aliphatic heterocycles. The number of benzene rings is 1. The maximum absolute atomic E-state index is 12.3. The molecule has 0 aliphatic rings. The Morgan fingerprint density at radius 2 is 1.92 bits per heavy atom. The smallest absolute Gasteiger partial charge is 0.287 e. The minimum absolute atomic E-state index is 0.213. The Kier molecular flexibility index (Phi) is 6.32. The molecule has 1 aromatic heterocycles. The molecule has 0 radical (unpaired) electrons. The normalized spacial score (nSPS) is 11.5. The van der Waals surface area contributed by atoms with Crippen LogP contribution in [-0.4, -0.2) is 23.7 Å². The first-order valence-corrected chi connectivity index (χ1v) is 8.81. The fraction of sp³-hybridized carbons (Fsp3) is 0.412. The molecule has 1 aromatic carbocycles. The minimum atomic E-state index is -0.401. The van der Waals surface area contributed by atoms with Gasteiger partial charge in [-0.25, -0.2) is 4.68 Å². The molecule has 1 heterocycles. The van der Waals surface area contributed by atoms with Crippen LogP contribution in [0.1, 0.15) is 26.3 Å². The summed E-state index contributed by atoms with van der Waals surface area (Å²) in [4.78, 5) is 13.0. The van der Waals surface area contributed by atoms with Crippen LogP contribution in [-0.2, 0) is 16.0 Å². The number of rotatable bonds is 6. The lowest BCUT2D eigenvalue weighted by Gasteiger charge is -2.21. The van der Waals surface area contributed by atoms with Crippen LogP contribution in [0, 0.1) is 0 Å². The Morgan fingerprint density at radius 3 is 2.50 bits per heavy atom. The van der Waals surface area contributed by atoms with E-state index in [0.29, 0.717) is 10.6 Å². The van der Waals surface area contributed by atoms with E-state index in [1.807, 2.05) is 45.0 Å². The zero-order valence-corrected chi connectivity index (χ0v) is 15.8. The maximum atomic E-state index is 12.3. The highest BCUT2D eigenvalue weighted by Crippen LogP contribution is 2.28. The van der Waals surface area contributed by atoms with E-state index >= 15 is 0 Å². The second-order valence-corrected chi connectivity index (χ2v) is 7.59. The first-order chi connectivity index (χ1) is 11.3. The predicted octanol–water partition coefficient (Wildman–Crippen LogP) is 3.93. The van der Waals surface area contributed by atoms with E-state index in [1.165, 1.54) is 16.4 Å². The zero-order valence-electron chi connectivity index (χ0n) is 14.2. The van der Waals surface area contributed by atoms with Crippen molar-refractivity contribution in [2.24, 2.45) is 0 Å². The number of methoxy groups -OCH3 is 1. The van der Waals surface area contributed by atoms with Crippen molar-refractivity contribution in [3.05, 3.63) is 51.4 Å². The highest BCUT2D eigenvalue weighted by atomic mass is 35.5. The zero-order chi connectivity index (χ0) is 17.7. The lowest BCUT2D eigenvalue weighted by atomic mass is 10.1. The molecule has 24 heavy (non-hydrogen) atoms. The highest BCUT2D eigenvalue weighted by Gasteiger charge is 2.19. The average Bonchev–Trinajstić information content (AvgIpc) is 2.54. The van der Waals surface area contributed by atoms with Gasteiger partial charge in [-0.05, 0) is 38.5 Å². The van der Waals surface area contributed by atoms with Gasteiger partial charge in [-0.2, -0.15) is 5.10 Å². The van der Waals surface area contributed by atoms with Crippen LogP contribution in [0.2, 0.25) is 5.02 Å². The Labute approximate surface area is 150 Å². The van der Waals surface area contributed by atoms with Crippen molar-refractivity contribution in [2.45, 2.75) is 37.0 Å². The van der Waals surface area contributed by atoms with Crippen LogP contribution < -0.4 is 10.3 Å². The molecule has 0 N–H and O–H groups in total. The second-order valence-electron chi connectivity index (χ2n) is 6.19. The maximum Gasteiger partial charge on any atom is 0.287 e. The van der Waals surface area contributed by atoms with Crippen molar-refractivity contribution in [2.75, 3.05) is 13.9 Å². The molecule has 0 atom stereocenters. The van der Waals surface area contributed by atoms with Crippen molar-refractivity contribution >= 4 is 23.4 Å². The number of halogens is 1. The van der Waals surface area contributed by atoms with Crippen molar-refractivity contribution < 1.29 is 9.47 Å². The number of nitrogens with zero attached hydrogens (tertiary/aromatic N) is 2. The quantitative estimate of drug-likeness (QED) is 0.571. The van der Waals surface area contributed by atoms with Gasteiger partial charge in [0.15, 0.2) is 6.79 Å². The van der Waals surface area contributed by atoms with Gasteiger partial charge in [0, 0.05) is 12.9 Å². The number of thioether (sulfide) groups is 1. The summed E-state index contributed by atoms with van der Waals surface area (Å²) in [6.45, 7) is 5.96. The summed E-state index contributed by atoms with van der Waals surface area (Å²) in [5.74, 6) is 1.43. The Hall–Kier alpha value is -1.50. The van der Waals surface area contributed by atoms with Crippen molar-refractivity contribution in [1.29, 1.82) is 0 Å². The summed E-state index contributed by atoms with van der Waals surface area (Å²) in [7, 11) is 1.58. The number of hydrogen-bond donors (Lipinski definition) is 0. The van der Waals surface area contributed by atoms with E-state index in [4.69, 9.17) is 21.1 Å². The highest BCUT2D eigenvalue weighted by molar-refractivity contribution is 7.98. The standard InChI is InChI=1S/C17H21ClN2O3S/c1-17(2,3)20-16(21)15(18)14(9-19-20)24-10-12-5-7-13(8-6-12)23-11-22-4/h5-9H,10-11H2,1-4H3. The second kappa shape index (κ2) is 8.05. The molecule has 5 nitrogen and oxygen atoms in total. The van der Waals surface area contributed by atoms with Gasteiger partial charge < -0.3 is 9.47 Å². The molecule has 0 amide bonds. The van der Waals surface area contributed by atoms with Crippen molar-refractivity contribution in [3.63, 3.8) is 0 Å². The third kappa shape index (κ3) is 4.75. The van der Waals surface area contributed by atoms with Gasteiger partial charge in [-0.1, -0.05) is 23.7 Å². The fourth-order valence-corrected chi connectivity index (χ4v) is 3.11. The van der Waals surface area contributed by atoms with Crippen molar-refractivity contribution in [1.82, 2.24) is 9.78 Å². The third-order valence-electron chi connectivity index (χ3n) is 3.18. The molecule has 2 rings (SSSR count). The van der Waals surface area contributed by atoms with E-state index in [2.05, 4.69) is 5.10 Å². The van der Waals surface area contributed by atoms with Gasteiger partial charge in [0.1, 0.15) is 10.8 Å². The molecule has 0 unspecified atom stereocenters. The topological polar surface area (TPSA) is 53.4 Å². The monoisotopic (exact) mass is 368 g/mol. The first-order valence-electron chi connectivity index (χ1n) is 7.44. The Morgan fingerprint density at radius 1 is 1.25 bits per heavy atom. The SMILES string of the molecule is COCOc1ccc(CSc2cnn(C(C)(C)C)c(=O)c2Cl)cc1. The summed E-state index contributed by atoms with van der Waals surface area (Å²) in [5.41, 5.74) is 0.431. The molecule has 0 bridgehead atoms. The lowest BCUT2D eigenvalue weighted by molar-refractivity contribution is 0.0511. The summed E-state index contributed by atoms with van der Waals surface area (Å²) >= 11 is 7.71. The lowest BCUT2D eigenvalue weighted by Crippen LogP contribution is -2.36. The molecule has 2 aromatic rings. The van der Waals surface area contributed by atoms with Gasteiger partial charge in [0.05, 0.1) is 16.6 Å². The summed E-state index contributed by atoms with van der Waals surface area (Å²) in [6.07, 6.45) is 1.65. The number of ether oxygens (including phenoxy) is 2. The molecule has 0 saturated heterocycles. The molecule has 0 fully saturated rings. The van der Waals surface area contributed by atoms with Gasteiger partial charge in [0.25, 0.3) is 5.56 Å². The van der Waals surface area contributed by atoms with Crippen molar-refractivity contribution in [3.8, 4) is 5.75 Å². The average molecular weight is 369 g/mol. The van der Waals surface area contributed by atoms with Gasteiger partial charge in [0.2, 0.25) is 0 Å². The summed E-state index contributed by atoms with van der Waals surface area (Å²) in [5, 5.41) is 4.45. The van der Waals surface area contributed by atoms with E-state index in [-0.39, 0.29) is 17.4 Å². The van der Waals surface area contributed by atoms with Gasteiger partial charge in [-0.3, -0.25) is 4.79 Å². The Bertz CT molecular complexity index is 739. The van der Waals surface area contributed by atoms with Crippen LogP contribution in [0.5, 0.6) is 5.75 Å². The van der Waals surface area contributed by atoms with Gasteiger partial charge in [-0.15, -0.1) is 11.8 Å². The van der Waals surface area contributed by atoms with E-state index in [0.717, 1.165) is 11.3 Å². The molecule has 0 aliphatic carbocycles. The molecule has 7 heteroatoms. The van der Waals surface area contributed by atoms with Crippen LogP contribution >= 0.6 is 23.4 Å². The molecule has 0 saturated carbocycles. The van der Waals surface area contributed by atoms with Crippen LogP contribution in [0.25, 0.3) is 0 Å². The predicted molar refractivity (Wildman–Crippen MR) is 97.0 cm³/mol. The van der Waals surface area contributed by atoms with Gasteiger partial charge >= 0.3 is 0 Å². The first kappa shape index (κ1) is 18.8. The number of aromatic nitrogens is 2. The largest absolute Gasteiger partial charge is 0.468 e. The molecular weight excluding hydrogens is 348 g/mol. The van der Waals surface area contributed by atoms with Crippen LogP contribution in [0.15, 0.2) is 40.2 Å².